The van der Waals surface area contributed by atoms with Gasteiger partial charge in [-0.1, -0.05) is 6.07 Å². The second-order valence-electron chi connectivity index (χ2n) is 9.23. The van der Waals surface area contributed by atoms with Gasteiger partial charge in [-0.2, -0.15) is 8.78 Å². The van der Waals surface area contributed by atoms with Crippen molar-refractivity contribution in [1.82, 2.24) is 4.98 Å². The number of hydrogen-bond acceptors (Lipinski definition) is 7. The van der Waals surface area contributed by atoms with E-state index in [4.69, 9.17) is 19.6 Å². The monoisotopic (exact) mass is 529 g/mol. The highest BCUT2D eigenvalue weighted by molar-refractivity contribution is 5.92. The van der Waals surface area contributed by atoms with Gasteiger partial charge in [0.1, 0.15) is 0 Å². The van der Waals surface area contributed by atoms with Crippen LogP contribution in [-0.4, -0.2) is 30.2 Å². The van der Waals surface area contributed by atoms with Crippen LogP contribution in [0.4, 0.5) is 19.3 Å². The Bertz CT molecular complexity index is 1320. The molecule has 0 radical (unpaired) electrons. The van der Waals surface area contributed by atoms with Crippen molar-refractivity contribution in [3.05, 3.63) is 59.0 Å². The highest BCUT2D eigenvalue weighted by atomic mass is 19.3. The molecule has 1 aliphatic rings. The number of nitrogens with one attached hydrogen (secondary N) is 1. The molecule has 202 valence electrons. The lowest BCUT2D eigenvalue weighted by Gasteiger charge is -2.13. The number of rotatable bonds is 11. The van der Waals surface area contributed by atoms with Crippen LogP contribution >= 0.6 is 0 Å². The van der Waals surface area contributed by atoms with Crippen LogP contribution in [0.3, 0.4) is 0 Å². The van der Waals surface area contributed by atoms with Crippen molar-refractivity contribution in [1.29, 1.82) is 0 Å². The zero-order valence-electron chi connectivity index (χ0n) is 21.3. The van der Waals surface area contributed by atoms with Gasteiger partial charge in [-0.05, 0) is 81.0 Å². The molecule has 4 rings (SSSR count). The molecular weight excluding hydrogens is 500 g/mol. The van der Waals surface area contributed by atoms with Gasteiger partial charge in [-0.25, -0.2) is 9.78 Å². The molecule has 2 aromatic carbocycles. The Morgan fingerprint density at radius 2 is 1.89 bits per heavy atom. The number of anilines is 1. The van der Waals surface area contributed by atoms with Crippen LogP contribution in [0, 0.1) is 19.8 Å². The maximum absolute atomic E-state index is 12.9. The SMILES string of the molecule is Cc1ccc(NC(=O)Cc2nc(-c3ccc(OC(F)F)c(OCC4CC4)c3)oc2C(C)OC(N)=O)cc1C. The van der Waals surface area contributed by atoms with Gasteiger partial charge >= 0.3 is 12.7 Å². The molecule has 11 heteroatoms. The molecule has 1 aliphatic carbocycles. The van der Waals surface area contributed by atoms with Crippen LogP contribution in [-0.2, 0) is 16.0 Å². The highest BCUT2D eigenvalue weighted by Gasteiger charge is 2.26. The first-order valence-corrected chi connectivity index (χ1v) is 12.1. The normalized spacial score (nSPS) is 13.7. The number of hydrogen-bond donors (Lipinski definition) is 2. The first kappa shape index (κ1) is 26.9. The zero-order valence-corrected chi connectivity index (χ0v) is 21.3. The number of nitrogens with zero attached hydrogens (tertiary/aromatic N) is 1. The molecule has 1 saturated carbocycles. The molecule has 3 aromatic rings. The van der Waals surface area contributed by atoms with Crippen LogP contribution in [0.1, 0.15) is 48.5 Å². The van der Waals surface area contributed by atoms with E-state index in [2.05, 4.69) is 15.0 Å². The number of nitrogens with two attached hydrogens (primary N) is 1. The van der Waals surface area contributed by atoms with Gasteiger partial charge in [0.05, 0.1) is 18.7 Å². The number of carbonyl (C=O) groups is 2. The number of benzene rings is 2. The summed E-state index contributed by atoms with van der Waals surface area (Å²) in [5.74, 6) is 0.214. The minimum atomic E-state index is -3.02. The molecule has 0 saturated heterocycles. The van der Waals surface area contributed by atoms with Crippen molar-refractivity contribution in [2.24, 2.45) is 11.7 Å². The van der Waals surface area contributed by atoms with Gasteiger partial charge in [0, 0.05) is 11.3 Å². The molecule has 1 heterocycles. The lowest BCUT2D eigenvalue weighted by molar-refractivity contribution is -0.115. The van der Waals surface area contributed by atoms with Crippen molar-refractivity contribution in [2.75, 3.05) is 11.9 Å². The van der Waals surface area contributed by atoms with Gasteiger partial charge in [-0.3, -0.25) is 4.79 Å². The van der Waals surface area contributed by atoms with E-state index < -0.39 is 18.8 Å². The van der Waals surface area contributed by atoms with Crippen molar-refractivity contribution in [2.45, 2.75) is 52.7 Å². The van der Waals surface area contributed by atoms with Crippen LogP contribution < -0.4 is 20.5 Å². The third-order valence-corrected chi connectivity index (χ3v) is 6.09. The molecule has 3 N–H and O–H groups in total. The fourth-order valence-electron chi connectivity index (χ4n) is 3.77. The first-order chi connectivity index (χ1) is 18.1. The van der Waals surface area contributed by atoms with Gasteiger partial charge in [-0.15, -0.1) is 0 Å². The van der Waals surface area contributed by atoms with E-state index in [0.29, 0.717) is 23.8 Å². The second kappa shape index (κ2) is 11.5. The van der Waals surface area contributed by atoms with Crippen molar-refractivity contribution in [3.8, 4) is 23.0 Å². The van der Waals surface area contributed by atoms with Gasteiger partial charge in [0.2, 0.25) is 11.8 Å². The molecule has 9 nitrogen and oxygen atoms in total. The number of ether oxygens (including phenoxy) is 3. The zero-order chi connectivity index (χ0) is 27.4. The van der Waals surface area contributed by atoms with E-state index in [1.165, 1.54) is 25.1 Å². The van der Waals surface area contributed by atoms with Crippen LogP contribution in [0.15, 0.2) is 40.8 Å². The molecule has 1 unspecified atom stereocenters. The number of amides is 2. The smallest absolute Gasteiger partial charge is 0.405 e. The summed E-state index contributed by atoms with van der Waals surface area (Å²) in [5.41, 5.74) is 8.53. The number of aryl methyl sites for hydroxylation is 2. The minimum Gasteiger partial charge on any atom is -0.489 e. The van der Waals surface area contributed by atoms with E-state index >= 15 is 0 Å². The summed E-state index contributed by atoms with van der Waals surface area (Å²) < 4.78 is 47.1. The van der Waals surface area contributed by atoms with Gasteiger partial charge in [0.25, 0.3) is 0 Å². The number of halogens is 2. The maximum atomic E-state index is 12.9. The first-order valence-electron chi connectivity index (χ1n) is 12.1. The predicted octanol–water partition coefficient (Wildman–Crippen LogP) is 5.69. The third kappa shape index (κ3) is 6.99. The minimum absolute atomic E-state index is 0.0776. The number of aromatic nitrogens is 1. The van der Waals surface area contributed by atoms with Crippen LogP contribution in [0.2, 0.25) is 0 Å². The summed E-state index contributed by atoms with van der Waals surface area (Å²) in [6, 6.07) is 9.85. The lowest BCUT2D eigenvalue weighted by Crippen LogP contribution is -2.18. The average Bonchev–Trinajstić information content (AvgIpc) is 3.58. The number of carbonyl (C=O) groups excluding carboxylic acids is 2. The Morgan fingerprint density at radius 3 is 2.55 bits per heavy atom. The van der Waals surface area contributed by atoms with Crippen molar-refractivity contribution < 1.29 is 37.0 Å². The topological polar surface area (TPSA) is 126 Å². The Morgan fingerprint density at radius 1 is 1.13 bits per heavy atom. The van der Waals surface area contributed by atoms with Gasteiger partial charge in [0.15, 0.2) is 23.4 Å². The Labute approximate surface area is 218 Å². The Balaban J connectivity index is 1.62. The molecule has 1 fully saturated rings. The number of oxazole rings is 1. The van der Waals surface area contributed by atoms with Crippen molar-refractivity contribution >= 4 is 17.7 Å². The molecule has 0 bridgehead atoms. The van der Waals surface area contributed by atoms with Crippen LogP contribution in [0.25, 0.3) is 11.5 Å². The molecule has 1 atom stereocenters. The molecule has 1 aromatic heterocycles. The molecular formula is C27H29F2N3O6. The Hall–Kier alpha value is -4.15. The third-order valence-electron chi connectivity index (χ3n) is 6.09. The van der Waals surface area contributed by atoms with Crippen LogP contribution in [0.5, 0.6) is 11.5 Å². The largest absolute Gasteiger partial charge is 0.489 e. The Kier molecular flexibility index (Phi) is 8.13. The molecule has 2 amide bonds. The summed E-state index contributed by atoms with van der Waals surface area (Å²) in [4.78, 5) is 28.7. The van der Waals surface area contributed by atoms with E-state index in [0.717, 1.165) is 24.0 Å². The predicted molar refractivity (Wildman–Crippen MR) is 134 cm³/mol. The molecule has 38 heavy (non-hydrogen) atoms. The summed E-state index contributed by atoms with van der Waals surface area (Å²) in [5, 5.41) is 2.82. The summed E-state index contributed by atoms with van der Waals surface area (Å²) in [7, 11) is 0. The molecule has 0 spiro atoms. The lowest BCUT2D eigenvalue weighted by atomic mass is 10.1. The number of primary amides is 1. The van der Waals surface area contributed by atoms with E-state index in [9.17, 15) is 18.4 Å². The fourth-order valence-corrected chi connectivity index (χ4v) is 3.77. The highest BCUT2D eigenvalue weighted by Crippen LogP contribution is 2.37. The second-order valence-corrected chi connectivity index (χ2v) is 9.23. The van der Waals surface area contributed by atoms with E-state index in [1.807, 2.05) is 26.0 Å². The molecule has 0 aliphatic heterocycles. The average molecular weight is 530 g/mol. The van der Waals surface area contributed by atoms with Gasteiger partial charge < -0.3 is 29.7 Å². The summed E-state index contributed by atoms with van der Waals surface area (Å²) in [6.45, 7) is 2.79. The number of alkyl halides is 2. The fraction of sp³-hybridized carbons (Fsp3) is 0.370. The quantitative estimate of drug-likeness (QED) is 0.327. The van der Waals surface area contributed by atoms with E-state index in [1.54, 1.807) is 6.07 Å². The van der Waals surface area contributed by atoms with E-state index in [-0.39, 0.29) is 41.2 Å². The maximum Gasteiger partial charge on any atom is 0.405 e. The summed E-state index contributed by atoms with van der Waals surface area (Å²) >= 11 is 0. The standard InChI is InChI=1S/C27H29F2N3O6/c1-14-4-8-19(10-15(14)2)31-23(33)12-20-24(16(3)36-27(30)34)38-25(32-20)18-7-9-21(37-26(28)29)22(11-18)35-13-17-5-6-17/h4,7-11,16-17,26H,5-6,12-13H2,1-3H3,(H2,30,34)(H,31,33). The van der Waals surface area contributed by atoms with Crippen molar-refractivity contribution in [3.63, 3.8) is 0 Å². The summed E-state index contributed by atoms with van der Waals surface area (Å²) in [6.07, 6.45) is -0.121.